The maximum absolute atomic E-state index is 12.4. The van der Waals surface area contributed by atoms with E-state index in [-0.39, 0.29) is 5.92 Å². The Balaban J connectivity index is 1.98. The van der Waals surface area contributed by atoms with E-state index in [0.29, 0.717) is 23.7 Å². The highest BCUT2D eigenvalue weighted by Crippen LogP contribution is 2.35. The maximum atomic E-state index is 12.4. The maximum Gasteiger partial charge on any atom is 0.226 e. The molecular weight excluding hydrogens is 222 g/mol. The minimum atomic E-state index is 0.281. The van der Waals surface area contributed by atoms with Crippen molar-refractivity contribution in [3.05, 3.63) is 0 Å². The summed E-state index contributed by atoms with van der Waals surface area (Å²) < 4.78 is 0. The first kappa shape index (κ1) is 12.2. The van der Waals surface area contributed by atoms with Crippen molar-refractivity contribution in [3.63, 3.8) is 0 Å². The number of rotatable bonds is 4. The second-order valence-electron chi connectivity index (χ2n) is 5.32. The van der Waals surface area contributed by atoms with Crippen molar-refractivity contribution in [2.24, 2.45) is 11.8 Å². The molecule has 2 unspecified atom stereocenters. The average Bonchev–Trinajstić information content (AvgIpc) is 2.60. The van der Waals surface area contributed by atoms with Gasteiger partial charge in [0.15, 0.2) is 0 Å². The second-order valence-corrected chi connectivity index (χ2v) is 5.70. The molecule has 2 nitrogen and oxygen atoms in total. The van der Waals surface area contributed by atoms with Crippen molar-refractivity contribution in [1.82, 2.24) is 4.90 Å². The lowest BCUT2D eigenvalue weighted by atomic mass is 9.89. The van der Waals surface area contributed by atoms with Crippen molar-refractivity contribution < 1.29 is 4.79 Å². The van der Waals surface area contributed by atoms with Crippen LogP contribution < -0.4 is 0 Å². The van der Waals surface area contributed by atoms with E-state index in [1.807, 2.05) is 0 Å². The molecule has 2 aliphatic carbocycles. The van der Waals surface area contributed by atoms with E-state index >= 15 is 0 Å². The smallest absolute Gasteiger partial charge is 0.226 e. The van der Waals surface area contributed by atoms with Crippen LogP contribution in [0.15, 0.2) is 0 Å². The third kappa shape index (κ3) is 2.37. The first-order chi connectivity index (χ1) is 7.74. The van der Waals surface area contributed by atoms with Crippen LogP contribution in [0.25, 0.3) is 0 Å². The van der Waals surface area contributed by atoms with Crippen LogP contribution in [0, 0.1) is 11.8 Å². The molecule has 0 heterocycles. The van der Waals surface area contributed by atoms with Gasteiger partial charge >= 0.3 is 0 Å². The van der Waals surface area contributed by atoms with Crippen LogP contribution in [0.4, 0.5) is 0 Å². The Bertz CT molecular complexity index is 252. The number of halogens is 1. The van der Waals surface area contributed by atoms with Crippen molar-refractivity contribution in [1.29, 1.82) is 0 Å². The van der Waals surface area contributed by atoms with Gasteiger partial charge in [0.05, 0.1) is 0 Å². The lowest BCUT2D eigenvalue weighted by Gasteiger charge is -2.39. The van der Waals surface area contributed by atoms with Gasteiger partial charge in [0.25, 0.3) is 0 Å². The fourth-order valence-corrected chi connectivity index (χ4v) is 3.17. The van der Waals surface area contributed by atoms with Crippen LogP contribution in [0.1, 0.15) is 45.4 Å². The van der Waals surface area contributed by atoms with E-state index in [9.17, 15) is 4.79 Å². The molecule has 2 rings (SSSR count). The Hall–Kier alpha value is -0.240. The fourth-order valence-electron chi connectivity index (χ4n) is 2.99. The van der Waals surface area contributed by atoms with E-state index in [2.05, 4.69) is 11.8 Å². The Kier molecular flexibility index (Phi) is 4.12. The third-order valence-corrected chi connectivity index (χ3v) is 4.47. The average molecular weight is 244 g/mol. The molecule has 1 amide bonds. The van der Waals surface area contributed by atoms with E-state index in [4.69, 9.17) is 11.6 Å². The highest BCUT2D eigenvalue weighted by Gasteiger charge is 2.36. The molecule has 2 fully saturated rings. The van der Waals surface area contributed by atoms with E-state index in [0.717, 1.165) is 13.0 Å². The predicted molar refractivity (Wildman–Crippen MR) is 66.6 cm³/mol. The van der Waals surface area contributed by atoms with Crippen molar-refractivity contribution >= 4 is 17.5 Å². The van der Waals surface area contributed by atoms with Crippen LogP contribution in [0.2, 0.25) is 0 Å². The Morgan fingerprint density at radius 3 is 2.38 bits per heavy atom. The lowest BCUT2D eigenvalue weighted by molar-refractivity contribution is -0.140. The Morgan fingerprint density at radius 1 is 1.25 bits per heavy atom. The number of carbonyl (C=O) groups excluding carboxylic acids is 1. The van der Waals surface area contributed by atoms with Gasteiger partial charge in [-0.3, -0.25) is 4.79 Å². The summed E-state index contributed by atoms with van der Waals surface area (Å²) in [4.78, 5) is 14.5. The van der Waals surface area contributed by atoms with Crippen LogP contribution in [0.3, 0.4) is 0 Å². The SMILES string of the molecule is CC1CCCC1C(=O)N(CCCl)C1CCC1. The summed E-state index contributed by atoms with van der Waals surface area (Å²) in [5.41, 5.74) is 0. The molecule has 2 saturated carbocycles. The van der Waals surface area contributed by atoms with Crippen LogP contribution in [-0.2, 0) is 4.79 Å². The highest BCUT2D eigenvalue weighted by molar-refractivity contribution is 6.18. The van der Waals surface area contributed by atoms with Gasteiger partial charge in [-0.2, -0.15) is 0 Å². The topological polar surface area (TPSA) is 20.3 Å². The number of hydrogen-bond acceptors (Lipinski definition) is 1. The predicted octanol–water partition coefficient (Wildman–Crippen LogP) is 3.04. The van der Waals surface area contributed by atoms with Crippen LogP contribution in [0.5, 0.6) is 0 Å². The quantitative estimate of drug-likeness (QED) is 0.695. The van der Waals surface area contributed by atoms with Crippen molar-refractivity contribution in [2.75, 3.05) is 12.4 Å². The zero-order chi connectivity index (χ0) is 11.5. The number of hydrogen-bond donors (Lipinski definition) is 0. The molecule has 0 radical (unpaired) electrons. The summed E-state index contributed by atoms with van der Waals surface area (Å²) in [5.74, 6) is 1.81. The molecule has 0 aliphatic heterocycles. The summed E-state index contributed by atoms with van der Waals surface area (Å²) >= 11 is 5.81. The lowest BCUT2D eigenvalue weighted by Crippen LogP contribution is -2.48. The zero-order valence-electron chi connectivity index (χ0n) is 10.1. The van der Waals surface area contributed by atoms with E-state index in [1.165, 1.54) is 32.1 Å². The highest BCUT2D eigenvalue weighted by atomic mass is 35.5. The minimum absolute atomic E-state index is 0.281. The minimum Gasteiger partial charge on any atom is -0.338 e. The largest absolute Gasteiger partial charge is 0.338 e. The van der Waals surface area contributed by atoms with Crippen molar-refractivity contribution in [2.45, 2.75) is 51.5 Å². The summed E-state index contributed by atoms with van der Waals surface area (Å²) in [6.45, 7) is 2.96. The molecular formula is C13H22ClNO. The third-order valence-electron chi connectivity index (χ3n) is 4.30. The first-order valence-corrected chi connectivity index (χ1v) is 7.14. The van der Waals surface area contributed by atoms with Gasteiger partial charge < -0.3 is 4.90 Å². The molecule has 3 heteroatoms. The van der Waals surface area contributed by atoms with Gasteiger partial charge in [0.1, 0.15) is 0 Å². The van der Waals surface area contributed by atoms with Crippen LogP contribution >= 0.6 is 11.6 Å². The summed E-state index contributed by atoms with van der Waals surface area (Å²) in [7, 11) is 0. The fraction of sp³-hybridized carbons (Fsp3) is 0.923. The van der Waals surface area contributed by atoms with Gasteiger partial charge in [0, 0.05) is 24.4 Å². The molecule has 0 aromatic rings. The monoisotopic (exact) mass is 243 g/mol. The summed E-state index contributed by atoms with van der Waals surface area (Å²) in [6, 6.07) is 0.499. The molecule has 0 bridgehead atoms. The van der Waals surface area contributed by atoms with Gasteiger partial charge in [-0.25, -0.2) is 0 Å². The molecule has 0 spiro atoms. The van der Waals surface area contributed by atoms with Gasteiger partial charge in [-0.15, -0.1) is 11.6 Å². The standard InChI is InChI=1S/C13H22ClNO/c1-10-4-2-7-12(10)13(16)15(9-8-14)11-5-3-6-11/h10-12H,2-9H2,1H3. The molecule has 0 aromatic carbocycles. The molecule has 92 valence electrons. The molecule has 2 atom stereocenters. The number of amides is 1. The Labute approximate surface area is 103 Å². The van der Waals surface area contributed by atoms with E-state index < -0.39 is 0 Å². The van der Waals surface area contributed by atoms with Gasteiger partial charge in [-0.1, -0.05) is 13.3 Å². The van der Waals surface area contributed by atoms with E-state index in [1.54, 1.807) is 0 Å². The number of alkyl halides is 1. The molecule has 2 aliphatic rings. The number of nitrogens with zero attached hydrogens (tertiary/aromatic N) is 1. The normalized spacial score (nSPS) is 30.1. The molecule has 0 N–H and O–H groups in total. The second kappa shape index (κ2) is 5.39. The molecule has 0 saturated heterocycles. The van der Waals surface area contributed by atoms with Gasteiger partial charge in [0.2, 0.25) is 5.91 Å². The summed E-state index contributed by atoms with van der Waals surface area (Å²) in [6.07, 6.45) is 7.17. The number of carbonyl (C=O) groups is 1. The summed E-state index contributed by atoms with van der Waals surface area (Å²) in [5, 5.41) is 0. The molecule has 16 heavy (non-hydrogen) atoms. The van der Waals surface area contributed by atoms with Gasteiger partial charge in [-0.05, 0) is 38.0 Å². The molecule has 0 aromatic heterocycles. The zero-order valence-corrected chi connectivity index (χ0v) is 10.9. The Morgan fingerprint density at radius 2 is 1.94 bits per heavy atom. The van der Waals surface area contributed by atoms with Crippen molar-refractivity contribution in [3.8, 4) is 0 Å². The van der Waals surface area contributed by atoms with Crippen LogP contribution in [-0.4, -0.2) is 29.3 Å². The first-order valence-electron chi connectivity index (χ1n) is 6.60.